The van der Waals surface area contributed by atoms with E-state index in [0.29, 0.717) is 17.1 Å². The van der Waals surface area contributed by atoms with Crippen molar-refractivity contribution in [2.45, 2.75) is 19.9 Å². The highest BCUT2D eigenvalue weighted by atomic mass is 32.1. The Hall–Kier alpha value is -3.58. The van der Waals surface area contributed by atoms with Gasteiger partial charge in [0.1, 0.15) is 12.3 Å². The Balaban J connectivity index is 1.70. The molecular weight excluding hydrogens is 424 g/mol. The number of ether oxygens (including phenoxy) is 2. The molecule has 0 unspecified atom stereocenters. The third kappa shape index (κ3) is 6.21. The predicted octanol–water partition coefficient (Wildman–Crippen LogP) is 4.42. The Kier molecular flexibility index (Phi) is 8.05. The van der Waals surface area contributed by atoms with E-state index >= 15 is 0 Å². The van der Waals surface area contributed by atoms with Gasteiger partial charge in [0.2, 0.25) is 0 Å². The van der Waals surface area contributed by atoms with Crippen LogP contribution in [-0.2, 0) is 4.79 Å². The Labute approximate surface area is 191 Å². The molecule has 1 atom stereocenters. The monoisotopic (exact) mass is 450 g/mol. The number of thiophene rings is 1. The van der Waals surface area contributed by atoms with E-state index in [9.17, 15) is 9.59 Å². The highest BCUT2D eigenvalue weighted by Crippen LogP contribution is 2.25. The van der Waals surface area contributed by atoms with E-state index in [0.717, 1.165) is 10.4 Å². The number of rotatable bonds is 9. The van der Waals surface area contributed by atoms with Crippen molar-refractivity contribution in [2.24, 2.45) is 0 Å². The van der Waals surface area contributed by atoms with Gasteiger partial charge in [-0.1, -0.05) is 36.4 Å². The van der Waals surface area contributed by atoms with Gasteiger partial charge in [0.15, 0.2) is 11.5 Å². The number of carbonyl (C=O) groups excluding carboxylic acids is 2. The maximum atomic E-state index is 13.0. The van der Waals surface area contributed by atoms with Crippen LogP contribution in [-0.4, -0.2) is 31.6 Å². The molecule has 7 heteroatoms. The van der Waals surface area contributed by atoms with Gasteiger partial charge in [-0.3, -0.25) is 9.59 Å². The lowest BCUT2D eigenvalue weighted by Gasteiger charge is -2.18. The first-order chi connectivity index (χ1) is 15.5. The van der Waals surface area contributed by atoms with Gasteiger partial charge >= 0.3 is 0 Å². The fraction of sp³-hybridized carbons (Fsp3) is 0.200. The lowest BCUT2D eigenvalue weighted by atomic mass is 10.1. The minimum atomic E-state index is -0.392. The van der Waals surface area contributed by atoms with Crippen molar-refractivity contribution in [1.82, 2.24) is 10.6 Å². The van der Waals surface area contributed by atoms with Gasteiger partial charge in [0.05, 0.1) is 13.2 Å². The van der Waals surface area contributed by atoms with Gasteiger partial charge in [0, 0.05) is 10.4 Å². The van der Waals surface area contributed by atoms with Crippen LogP contribution >= 0.6 is 11.3 Å². The largest absolute Gasteiger partial charge is 0.493 e. The summed E-state index contributed by atoms with van der Waals surface area (Å²) in [6, 6.07) is 18.0. The van der Waals surface area contributed by atoms with E-state index in [1.54, 1.807) is 31.4 Å². The average molecular weight is 451 g/mol. The van der Waals surface area contributed by atoms with Crippen molar-refractivity contribution >= 4 is 29.2 Å². The quantitative estimate of drug-likeness (QED) is 0.473. The summed E-state index contributed by atoms with van der Waals surface area (Å²) in [5.74, 6) is 0.489. The summed E-state index contributed by atoms with van der Waals surface area (Å²) in [4.78, 5) is 26.7. The van der Waals surface area contributed by atoms with E-state index in [-0.39, 0.29) is 24.3 Å². The van der Waals surface area contributed by atoms with Crippen LogP contribution in [0.5, 0.6) is 11.5 Å². The van der Waals surface area contributed by atoms with Crippen LogP contribution in [0.1, 0.15) is 27.7 Å². The molecule has 0 spiro atoms. The molecular formula is C25H26N2O4S. The smallest absolute Gasteiger partial charge is 0.268 e. The second-order valence-electron chi connectivity index (χ2n) is 7.18. The van der Waals surface area contributed by atoms with E-state index in [4.69, 9.17) is 9.47 Å². The second-order valence-corrected chi connectivity index (χ2v) is 8.16. The van der Waals surface area contributed by atoms with Crippen molar-refractivity contribution < 1.29 is 19.1 Å². The van der Waals surface area contributed by atoms with Gasteiger partial charge in [-0.25, -0.2) is 0 Å². The molecule has 2 amide bonds. The lowest BCUT2D eigenvalue weighted by molar-refractivity contribution is -0.118. The molecule has 3 aromatic rings. The molecule has 32 heavy (non-hydrogen) atoms. The van der Waals surface area contributed by atoms with Gasteiger partial charge in [-0.05, 0) is 55.1 Å². The number of hydrogen-bond donors (Lipinski definition) is 2. The molecule has 0 aliphatic rings. The van der Waals surface area contributed by atoms with Crippen LogP contribution < -0.4 is 20.1 Å². The third-order valence-corrected chi connectivity index (χ3v) is 5.47. The molecule has 0 fully saturated rings. The van der Waals surface area contributed by atoms with Crippen LogP contribution in [0, 0.1) is 6.92 Å². The summed E-state index contributed by atoms with van der Waals surface area (Å²) in [5, 5.41) is 7.56. The molecule has 2 aromatic carbocycles. The van der Waals surface area contributed by atoms with Gasteiger partial charge in [-0.15, -0.1) is 11.3 Å². The number of nitrogens with one attached hydrogen (secondary N) is 2. The summed E-state index contributed by atoms with van der Waals surface area (Å²) in [6.45, 7) is 3.93. The molecule has 1 aromatic heterocycles. The normalized spacial score (nSPS) is 12.0. The highest BCUT2D eigenvalue weighted by molar-refractivity contribution is 7.10. The first kappa shape index (κ1) is 23.1. The number of carbonyl (C=O) groups is 2. The highest BCUT2D eigenvalue weighted by Gasteiger charge is 2.18. The van der Waals surface area contributed by atoms with E-state index in [1.165, 1.54) is 11.3 Å². The number of para-hydroxylation sites is 2. The number of hydrogen-bond acceptors (Lipinski definition) is 5. The first-order valence-electron chi connectivity index (χ1n) is 10.2. The van der Waals surface area contributed by atoms with Crippen LogP contribution in [0.15, 0.2) is 71.7 Å². The minimum absolute atomic E-state index is 0.171. The zero-order valence-corrected chi connectivity index (χ0v) is 19.1. The SMILES string of the molecule is COc1ccccc1OC[C@@H](C)NC(=O)/C(=C/c1cccs1)NC(=O)c1ccccc1C. The van der Waals surface area contributed by atoms with Gasteiger partial charge < -0.3 is 20.1 Å². The fourth-order valence-corrected chi connectivity index (χ4v) is 3.64. The maximum absolute atomic E-state index is 13.0. The van der Waals surface area contributed by atoms with Crippen molar-refractivity contribution in [3.05, 3.63) is 87.7 Å². The minimum Gasteiger partial charge on any atom is -0.493 e. The van der Waals surface area contributed by atoms with Crippen LogP contribution in [0.4, 0.5) is 0 Å². The molecule has 2 N–H and O–H groups in total. The van der Waals surface area contributed by atoms with E-state index in [1.807, 2.05) is 61.7 Å². The number of aryl methyl sites for hydroxylation is 1. The van der Waals surface area contributed by atoms with Crippen LogP contribution in [0.3, 0.4) is 0 Å². The maximum Gasteiger partial charge on any atom is 0.268 e. The van der Waals surface area contributed by atoms with Gasteiger partial charge in [0.25, 0.3) is 11.8 Å². The molecule has 0 saturated carbocycles. The summed E-state index contributed by atoms with van der Waals surface area (Å²) >= 11 is 1.48. The molecule has 0 saturated heterocycles. The zero-order valence-electron chi connectivity index (χ0n) is 18.3. The predicted molar refractivity (Wildman–Crippen MR) is 127 cm³/mol. The van der Waals surface area contributed by atoms with Crippen molar-refractivity contribution in [3.63, 3.8) is 0 Å². The average Bonchev–Trinajstić information content (AvgIpc) is 3.30. The standard InChI is InChI=1S/C25H26N2O4S/c1-17-9-4-5-11-20(17)24(28)27-21(15-19-10-8-14-32-19)25(29)26-18(2)16-31-23-13-7-6-12-22(23)30-3/h4-15,18H,16H2,1-3H3,(H,26,29)(H,27,28)/b21-15-/t18-/m1/s1. The summed E-state index contributed by atoms with van der Waals surface area (Å²) < 4.78 is 11.1. The molecule has 166 valence electrons. The molecule has 6 nitrogen and oxygen atoms in total. The van der Waals surface area contributed by atoms with Crippen molar-refractivity contribution in [3.8, 4) is 11.5 Å². The summed E-state index contributed by atoms with van der Waals surface area (Å²) in [7, 11) is 1.58. The summed E-state index contributed by atoms with van der Waals surface area (Å²) in [6.07, 6.45) is 1.67. The third-order valence-electron chi connectivity index (χ3n) is 4.65. The molecule has 0 aliphatic heterocycles. The zero-order chi connectivity index (χ0) is 22.9. The molecule has 0 radical (unpaired) electrons. The Bertz CT molecular complexity index is 1090. The van der Waals surface area contributed by atoms with Crippen molar-refractivity contribution in [2.75, 3.05) is 13.7 Å². The fourth-order valence-electron chi connectivity index (χ4n) is 2.99. The molecule has 0 aliphatic carbocycles. The molecule has 3 rings (SSSR count). The Morgan fingerprint density at radius 1 is 1.03 bits per heavy atom. The number of benzene rings is 2. The van der Waals surface area contributed by atoms with E-state index < -0.39 is 5.91 Å². The lowest BCUT2D eigenvalue weighted by Crippen LogP contribution is -2.41. The Morgan fingerprint density at radius 2 is 1.75 bits per heavy atom. The first-order valence-corrected chi connectivity index (χ1v) is 11.0. The number of amides is 2. The van der Waals surface area contributed by atoms with Crippen LogP contribution in [0.25, 0.3) is 6.08 Å². The van der Waals surface area contributed by atoms with Crippen LogP contribution in [0.2, 0.25) is 0 Å². The molecule has 1 heterocycles. The van der Waals surface area contributed by atoms with E-state index in [2.05, 4.69) is 10.6 Å². The second kappa shape index (κ2) is 11.2. The molecule has 0 bridgehead atoms. The topological polar surface area (TPSA) is 76.7 Å². The Morgan fingerprint density at radius 3 is 2.44 bits per heavy atom. The van der Waals surface area contributed by atoms with Crippen molar-refractivity contribution in [1.29, 1.82) is 0 Å². The number of methoxy groups -OCH3 is 1. The summed E-state index contributed by atoms with van der Waals surface area (Å²) in [5.41, 5.74) is 1.52. The van der Waals surface area contributed by atoms with Gasteiger partial charge in [-0.2, -0.15) is 0 Å².